The Hall–Kier alpha value is -0.760. The van der Waals surface area contributed by atoms with Crippen LogP contribution in [0.3, 0.4) is 0 Å². The second-order valence-electron chi connectivity index (χ2n) is 3.38. The lowest BCUT2D eigenvalue weighted by Crippen LogP contribution is -1.91. The van der Waals surface area contributed by atoms with Crippen molar-refractivity contribution in [3.8, 4) is 5.75 Å². The minimum Gasteiger partial charge on any atom is -0.497 e. The number of ether oxygens (including phenoxy) is 1. The van der Waals surface area contributed by atoms with Gasteiger partial charge >= 0.3 is 0 Å². The van der Waals surface area contributed by atoms with Gasteiger partial charge in [0.05, 0.1) is 7.11 Å². The van der Waals surface area contributed by atoms with Crippen LogP contribution in [0.25, 0.3) is 0 Å². The zero-order chi connectivity index (χ0) is 10.7. The third-order valence-corrected chi connectivity index (χ3v) is 4.34. The van der Waals surface area contributed by atoms with Crippen LogP contribution in [0.5, 0.6) is 5.75 Å². The molecule has 0 bridgehead atoms. The van der Waals surface area contributed by atoms with Crippen LogP contribution < -0.4 is 4.74 Å². The van der Waals surface area contributed by atoms with Gasteiger partial charge in [-0.2, -0.15) is 10.5 Å². The quantitative estimate of drug-likeness (QED) is 0.680. The van der Waals surface area contributed by atoms with E-state index in [1.807, 2.05) is 0 Å². The van der Waals surface area contributed by atoms with Crippen molar-refractivity contribution < 1.29 is 4.74 Å². The van der Waals surface area contributed by atoms with Gasteiger partial charge in [-0.25, -0.2) is 0 Å². The van der Waals surface area contributed by atoms with Crippen LogP contribution in [0.2, 0.25) is 0 Å². The maximum Gasteiger partial charge on any atom is 0.119 e. The summed E-state index contributed by atoms with van der Waals surface area (Å²) in [6, 6.07) is 4.21. The number of benzene rings is 1. The molecule has 1 aromatic rings. The zero-order valence-electron chi connectivity index (χ0n) is 9.55. The Kier molecular flexibility index (Phi) is 3.76. The summed E-state index contributed by atoms with van der Waals surface area (Å²) in [6.07, 6.45) is 2.25. The molecule has 1 unspecified atom stereocenters. The molecule has 1 atom stereocenters. The normalized spacial score (nSPS) is 12.9. The minimum atomic E-state index is 0.246. The van der Waals surface area contributed by atoms with Gasteiger partial charge in [0, 0.05) is 4.90 Å². The Labute approximate surface area is 89.0 Å². The molecule has 0 spiro atoms. The fourth-order valence-electron chi connectivity index (χ4n) is 1.65. The van der Waals surface area contributed by atoms with Crippen LogP contribution >= 0.6 is 10.5 Å². The number of methoxy groups -OCH3 is 1. The van der Waals surface area contributed by atoms with E-state index in [1.54, 1.807) is 7.11 Å². The van der Waals surface area contributed by atoms with E-state index in [0.717, 1.165) is 5.75 Å². The summed E-state index contributed by atoms with van der Waals surface area (Å²) < 4.78 is 5.24. The summed E-state index contributed by atoms with van der Waals surface area (Å²) in [5.74, 6) is 0.955. The summed E-state index contributed by atoms with van der Waals surface area (Å²) in [5.41, 5.74) is 2.65. The first kappa shape index (κ1) is 11.3. The van der Waals surface area contributed by atoms with Gasteiger partial charge in [-0.1, -0.05) is 5.37 Å². The van der Waals surface area contributed by atoms with Crippen molar-refractivity contribution in [2.75, 3.05) is 13.4 Å². The van der Waals surface area contributed by atoms with Gasteiger partial charge in [0.15, 0.2) is 0 Å². The van der Waals surface area contributed by atoms with Gasteiger partial charge in [-0.3, -0.25) is 0 Å². The fourth-order valence-corrected chi connectivity index (χ4v) is 3.02. The van der Waals surface area contributed by atoms with Crippen LogP contribution in [0.4, 0.5) is 0 Å². The fraction of sp³-hybridized carbons (Fsp3) is 0.417. The molecular formula is C12H18OS. The van der Waals surface area contributed by atoms with Crippen LogP contribution in [0.1, 0.15) is 18.1 Å². The van der Waals surface area contributed by atoms with Crippen LogP contribution in [0, 0.1) is 13.8 Å². The highest BCUT2D eigenvalue weighted by Gasteiger charge is 2.05. The van der Waals surface area contributed by atoms with Crippen LogP contribution in [0.15, 0.2) is 17.0 Å². The number of aryl methyl sites for hydroxylation is 2. The van der Waals surface area contributed by atoms with Crippen molar-refractivity contribution in [1.82, 2.24) is 0 Å². The predicted octanol–water partition coefficient (Wildman–Crippen LogP) is 3.39. The Bertz CT molecular complexity index is 344. The molecule has 0 radical (unpaired) electrons. The molecule has 14 heavy (non-hydrogen) atoms. The van der Waals surface area contributed by atoms with Crippen molar-refractivity contribution in [2.24, 2.45) is 0 Å². The molecule has 0 amide bonds. The van der Waals surface area contributed by atoms with E-state index in [4.69, 9.17) is 4.74 Å². The SMILES string of the molecule is C/C=S(/C)c1c(C)cc(OC)cc1C. The van der Waals surface area contributed by atoms with Gasteiger partial charge < -0.3 is 4.74 Å². The smallest absolute Gasteiger partial charge is 0.119 e. The molecule has 0 aliphatic heterocycles. The van der Waals surface area contributed by atoms with Crippen LogP contribution in [-0.2, 0) is 0 Å². The molecular weight excluding hydrogens is 192 g/mol. The lowest BCUT2D eigenvalue weighted by atomic mass is 10.1. The molecule has 0 saturated carbocycles. The molecule has 0 aliphatic carbocycles. The zero-order valence-corrected chi connectivity index (χ0v) is 10.4. The summed E-state index contributed by atoms with van der Waals surface area (Å²) in [4.78, 5) is 1.45. The summed E-state index contributed by atoms with van der Waals surface area (Å²) >= 11 is 0. The molecule has 0 aromatic heterocycles. The maximum atomic E-state index is 5.24. The third-order valence-electron chi connectivity index (χ3n) is 2.35. The Morgan fingerprint density at radius 2 is 1.71 bits per heavy atom. The molecule has 1 rings (SSSR count). The monoisotopic (exact) mass is 210 g/mol. The standard InChI is InChI=1S/C12H18OS/c1-6-14(5)12-9(2)7-11(13-4)8-10(12)3/h6-8H,1-5H3. The molecule has 0 fully saturated rings. The van der Waals surface area contributed by atoms with Gasteiger partial charge in [-0.15, -0.1) is 0 Å². The lowest BCUT2D eigenvalue weighted by Gasteiger charge is -2.13. The van der Waals surface area contributed by atoms with E-state index in [1.165, 1.54) is 16.0 Å². The van der Waals surface area contributed by atoms with E-state index >= 15 is 0 Å². The van der Waals surface area contributed by atoms with Crippen molar-refractivity contribution in [3.05, 3.63) is 23.3 Å². The van der Waals surface area contributed by atoms with Crippen molar-refractivity contribution >= 4 is 15.9 Å². The molecule has 0 aliphatic rings. The van der Waals surface area contributed by atoms with Crippen molar-refractivity contribution in [2.45, 2.75) is 25.7 Å². The van der Waals surface area contributed by atoms with Gasteiger partial charge in [0.25, 0.3) is 0 Å². The molecule has 78 valence electrons. The summed E-state index contributed by atoms with van der Waals surface area (Å²) in [5, 5.41) is 2.25. The predicted molar refractivity (Wildman–Crippen MR) is 66.0 cm³/mol. The molecule has 1 nitrogen and oxygen atoms in total. The van der Waals surface area contributed by atoms with E-state index in [0.29, 0.717) is 0 Å². The summed E-state index contributed by atoms with van der Waals surface area (Å²) in [6.45, 7) is 6.42. The Morgan fingerprint density at radius 3 is 2.07 bits per heavy atom. The highest BCUT2D eigenvalue weighted by Crippen LogP contribution is 2.32. The van der Waals surface area contributed by atoms with Gasteiger partial charge in [-0.05, 0) is 50.3 Å². The van der Waals surface area contributed by atoms with E-state index in [2.05, 4.69) is 44.5 Å². The van der Waals surface area contributed by atoms with E-state index in [-0.39, 0.29) is 10.5 Å². The summed E-state index contributed by atoms with van der Waals surface area (Å²) in [7, 11) is 1.96. The number of hydrogen-bond acceptors (Lipinski definition) is 1. The van der Waals surface area contributed by atoms with Gasteiger partial charge in [0.2, 0.25) is 0 Å². The molecule has 0 heterocycles. The van der Waals surface area contributed by atoms with Crippen molar-refractivity contribution in [1.29, 1.82) is 0 Å². The number of hydrogen-bond donors (Lipinski definition) is 0. The second-order valence-corrected chi connectivity index (χ2v) is 5.38. The second kappa shape index (κ2) is 4.65. The molecule has 0 saturated heterocycles. The van der Waals surface area contributed by atoms with E-state index in [9.17, 15) is 0 Å². The first-order valence-electron chi connectivity index (χ1n) is 4.69. The van der Waals surface area contributed by atoms with Gasteiger partial charge in [0.1, 0.15) is 5.75 Å². The molecule has 1 aromatic carbocycles. The lowest BCUT2D eigenvalue weighted by molar-refractivity contribution is 0.413. The highest BCUT2D eigenvalue weighted by molar-refractivity contribution is 8.14. The van der Waals surface area contributed by atoms with Crippen LogP contribution in [-0.4, -0.2) is 18.7 Å². The molecule has 0 N–H and O–H groups in total. The maximum absolute atomic E-state index is 5.24. The largest absolute Gasteiger partial charge is 0.497 e. The first-order valence-corrected chi connectivity index (χ1v) is 6.39. The average molecular weight is 210 g/mol. The minimum absolute atomic E-state index is 0.246. The Balaban J connectivity index is 3.32. The number of rotatable bonds is 2. The van der Waals surface area contributed by atoms with E-state index < -0.39 is 0 Å². The third kappa shape index (κ3) is 2.18. The topological polar surface area (TPSA) is 9.23 Å². The Morgan fingerprint density at radius 1 is 1.21 bits per heavy atom. The molecule has 2 heteroatoms. The van der Waals surface area contributed by atoms with Crippen molar-refractivity contribution in [3.63, 3.8) is 0 Å². The highest BCUT2D eigenvalue weighted by atomic mass is 32.2. The first-order chi connectivity index (χ1) is 6.60. The average Bonchev–Trinajstić information content (AvgIpc) is 2.16.